The summed E-state index contributed by atoms with van der Waals surface area (Å²) in [6.45, 7) is 4.23. The second-order valence-corrected chi connectivity index (χ2v) is 3.70. The summed E-state index contributed by atoms with van der Waals surface area (Å²) in [6, 6.07) is 5.71. The molecule has 2 rings (SSSR count). The van der Waals surface area contributed by atoms with Gasteiger partial charge in [-0.1, -0.05) is 13.0 Å². The van der Waals surface area contributed by atoms with E-state index in [1.807, 2.05) is 18.2 Å². The lowest BCUT2D eigenvalue weighted by atomic mass is 10.0. The van der Waals surface area contributed by atoms with Crippen molar-refractivity contribution in [2.45, 2.75) is 13.8 Å². The van der Waals surface area contributed by atoms with Crippen LogP contribution in [0.2, 0.25) is 0 Å². The zero-order chi connectivity index (χ0) is 10.8. The van der Waals surface area contributed by atoms with Crippen molar-refractivity contribution in [2.24, 2.45) is 11.0 Å². The molecule has 0 aliphatic carbocycles. The van der Waals surface area contributed by atoms with Gasteiger partial charge >= 0.3 is 0 Å². The lowest BCUT2D eigenvalue weighted by Crippen LogP contribution is -2.22. The quantitative estimate of drug-likeness (QED) is 0.690. The lowest BCUT2D eigenvalue weighted by Gasteiger charge is -2.07. The average molecular weight is 203 g/mol. The highest BCUT2D eigenvalue weighted by Gasteiger charge is 2.26. The molecule has 0 N–H and O–H groups in total. The predicted molar refractivity (Wildman–Crippen MR) is 57.3 cm³/mol. The van der Waals surface area contributed by atoms with Crippen molar-refractivity contribution in [3.8, 4) is 0 Å². The van der Waals surface area contributed by atoms with Crippen molar-refractivity contribution in [3.05, 3.63) is 30.1 Å². The van der Waals surface area contributed by atoms with E-state index in [-0.39, 0.29) is 11.8 Å². The Kier molecular flexibility index (Phi) is 2.49. The Bertz CT molecular complexity index is 400. The molecule has 0 radical (unpaired) electrons. The van der Waals surface area contributed by atoms with E-state index in [0.29, 0.717) is 6.54 Å². The Morgan fingerprint density at radius 1 is 1.53 bits per heavy atom. The molecule has 1 aliphatic rings. The average Bonchev–Trinajstić information content (AvgIpc) is 2.62. The van der Waals surface area contributed by atoms with Crippen molar-refractivity contribution in [1.82, 2.24) is 9.99 Å². The smallest absolute Gasteiger partial charge is 0.239 e. The number of carbonyl (C=O) groups excluding carboxylic acids is 1. The SMILES string of the molecule is CC(=O)N1CC(C)C(c2ccccn2)=N1. The summed E-state index contributed by atoms with van der Waals surface area (Å²) in [5.41, 5.74) is 1.75. The maximum atomic E-state index is 11.2. The summed E-state index contributed by atoms with van der Waals surface area (Å²) in [5, 5.41) is 5.77. The van der Waals surface area contributed by atoms with Gasteiger partial charge in [0.1, 0.15) is 0 Å². The number of aromatic nitrogens is 1. The van der Waals surface area contributed by atoms with Gasteiger partial charge in [-0.3, -0.25) is 9.78 Å². The minimum atomic E-state index is -0.0206. The van der Waals surface area contributed by atoms with Crippen LogP contribution in [0.5, 0.6) is 0 Å². The van der Waals surface area contributed by atoms with Crippen LogP contribution >= 0.6 is 0 Å². The number of hydrogen-bond acceptors (Lipinski definition) is 3. The summed E-state index contributed by atoms with van der Waals surface area (Å²) in [5.74, 6) is 0.233. The van der Waals surface area contributed by atoms with Crippen LogP contribution in [-0.2, 0) is 4.79 Å². The fraction of sp³-hybridized carbons (Fsp3) is 0.364. The summed E-state index contributed by atoms with van der Waals surface area (Å²) in [6.07, 6.45) is 1.74. The summed E-state index contributed by atoms with van der Waals surface area (Å²) >= 11 is 0. The van der Waals surface area contributed by atoms with E-state index in [1.165, 1.54) is 11.9 Å². The minimum Gasteiger partial charge on any atom is -0.273 e. The Morgan fingerprint density at radius 3 is 2.87 bits per heavy atom. The summed E-state index contributed by atoms with van der Waals surface area (Å²) in [7, 11) is 0. The fourth-order valence-corrected chi connectivity index (χ4v) is 1.63. The predicted octanol–water partition coefficient (Wildman–Crippen LogP) is 1.28. The van der Waals surface area contributed by atoms with Crippen molar-refractivity contribution in [3.63, 3.8) is 0 Å². The molecule has 1 aromatic rings. The fourth-order valence-electron chi connectivity index (χ4n) is 1.63. The first-order chi connectivity index (χ1) is 7.18. The van der Waals surface area contributed by atoms with E-state index in [2.05, 4.69) is 17.0 Å². The monoisotopic (exact) mass is 203 g/mol. The van der Waals surface area contributed by atoms with Crippen LogP contribution in [0.25, 0.3) is 0 Å². The topological polar surface area (TPSA) is 45.6 Å². The number of pyridine rings is 1. The zero-order valence-corrected chi connectivity index (χ0v) is 8.84. The van der Waals surface area contributed by atoms with Gasteiger partial charge in [0, 0.05) is 19.0 Å². The molecule has 0 saturated carbocycles. The molecular weight excluding hydrogens is 190 g/mol. The molecule has 15 heavy (non-hydrogen) atoms. The van der Waals surface area contributed by atoms with Crippen LogP contribution in [0.3, 0.4) is 0 Å². The van der Waals surface area contributed by atoms with E-state index in [1.54, 1.807) is 6.20 Å². The van der Waals surface area contributed by atoms with Crippen molar-refractivity contribution in [1.29, 1.82) is 0 Å². The van der Waals surface area contributed by atoms with Crippen LogP contribution in [0, 0.1) is 5.92 Å². The van der Waals surface area contributed by atoms with Crippen molar-refractivity contribution >= 4 is 11.6 Å². The van der Waals surface area contributed by atoms with E-state index in [0.717, 1.165) is 11.4 Å². The van der Waals surface area contributed by atoms with Crippen LogP contribution < -0.4 is 0 Å². The number of amides is 1. The maximum absolute atomic E-state index is 11.2. The third-order valence-corrected chi connectivity index (χ3v) is 2.43. The van der Waals surface area contributed by atoms with Gasteiger partial charge < -0.3 is 0 Å². The molecule has 1 aromatic heterocycles. The molecule has 78 valence electrons. The third-order valence-electron chi connectivity index (χ3n) is 2.43. The molecule has 0 spiro atoms. The van der Waals surface area contributed by atoms with Crippen LogP contribution in [0.15, 0.2) is 29.5 Å². The number of carbonyl (C=O) groups is 1. The van der Waals surface area contributed by atoms with E-state index >= 15 is 0 Å². The molecule has 0 aromatic carbocycles. The molecule has 1 amide bonds. The zero-order valence-electron chi connectivity index (χ0n) is 8.84. The number of rotatable bonds is 1. The van der Waals surface area contributed by atoms with Gasteiger partial charge in [-0.25, -0.2) is 5.01 Å². The maximum Gasteiger partial charge on any atom is 0.239 e. The molecule has 1 atom stereocenters. The summed E-state index contributed by atoms with van der Waals surface area (Å²) in [4.78, 5) is 15.4. The molecule has 0 bridgehead atoms. The molecular formula is C11H13N3O. The van der Waals surface area contributed by atoms with Crippen LogP contribution in [-0.4, -0.2) is 28.2 Å². The van der Waals surface area contributed by atoms with Crippen LogP contribution in [0.1, 0.15) is 19.5 Å². The second kappa shape index (κ2) is 3.81. The first kappa shape index (κ1) is 9.83. The van der Waals surface area contributed by atoms with Crippen molar-refractivity contribution in [2.75, 3.05) is 6.54 Å². The highest BCUT2D eigenvalue weighted by atomic mass is 16.2. The standard InChI is InChI=1S/C11H13N3O/c1-8-7-14(9(2)15)13-11(8)10-5-3-4-6-12-10/h3-6,8H,7H2,1-2H3. The Balaban J connectivity index is 2.30. The Labute approximate surface area is 88.6 Å². The lowest BCUT2D eigenvalue weighted by molar-refractivity contribution is -0.128. The molecule has 1 unspecified atom stereocenters. The third kappa shape index (κ3) is 1.88. The number of nitrogens with zero attached hydrogens (tertiary/aromatic N) is 3. The van der Waals surface area contributed by atoms with Crippen LogP contribution in [0.4, 0.5) is 0 Å². The molecule has 4 nitrogen and oxygen atoms in total. The summed E-state index contributed by atoms with van der Waals surface area (Å²) < 4.78 is 0. The van der Waals surface area contributed by atoms with Gasteiger partial charge in [0.05, 0.1) is 18.0 Å². The number of hydrazone groups is 1. The van der Waals surface area contributed by atoms with E-state index in [4.69, 9.17) is 0 Å². The van der Waals surface area contributed by atoms with Gasteiger partial charge in [-0.15, -0.1) is 0 Å². The molecule has 2 heterocycles. The van der Waals surface area contributed by atoms with Gasteiger partial charge in [0.2, 0.25) is 5.91 Å². The van der Waals surface area contributed by atoms with Gasteiger partial charge in [0.25, 0.3) is 0 Å². The largest absolute Gasteiger partial charge is 0.273 e. The first-order valence-corrected chi connectivity index (χ1v) is 4.96. The van der Waals surface area contributed by atoms with E-state index in [9.17, 15) is 4.79 Å². The van der Waals surface area contributed by atoms with Gasteiger partial charge in [0.15, 0.2) is 0 Å². The van der Waals surface area contributed by atoms with Crippen molar-refractivity contribution < 1.29 is 4.79 Å². The van der Waals surface area contributed by atoms with Gasteiger partial charge in [-0.05, 0) is 12.1 Å². The Hall–Kier alpha value is -1.71. The normalized spacial score (nSPS) is 20.3. The molecule has 0 saturated heterocycles. The first-order valence-electron chi connectivity index (χ1n) is 4.96. The Morgan fingerprint density at radius 2 is 2.33 bits per heavy atom. The molecule has 4 heteroatoms. The molecule has 0 fully saturated rings. The van der Waals surface area contributed by atoms with Gasteiger partial charge in [-0.2, -0.15) is 5.10 Å². The number of hydrogen-bond donors (Lipinski definition) is 0. The van der Waals surface area contributed by atoms with E-state index < -0.39 is 0 Å². The molecule has 1 aliphatic heterocycles. The highest BCUT2D eigenvalue weighted by Crippen LogP contribution is 2.17. The highest BCUT2D eigenvalue weighted by molar-refractivity contribution is 6.02. The second-order valence-electron chi connectivity index (χ2n) is 3.70. The minimum absolute atomic E-state index is 0.0206.